The number of fused-ring (bicyclic) bond motifs is 1. The number of azo groups is 1. The van der Waals surface area contributed by atoms with Crippen LogP contribution in [0.2, 0.25) is 0 Å². The maximum Gasteiger partial charge on any atom is 0.305 e. The van der Waals surface area contributed by atoms with Gasteiger partial charge in [0.25, 0.3) is 5.91 Å². The average molecular weight is 441 g/mol. The Hall–Kier alpha value is -3.95. The second-order valence-corrected chi connectivity index (χ2v) is 7.16. The van der Waals surface area contributed by atoms with Crippen molar-refractivity contribution in [1.82, 2.24) is 15.3 Å². The number of aromatic amines is 2. The molecule has 0 unspecified atom stereocenters. The minimum atomic E-state index is -0.460. The van der Waals surface area contributed by atoms with E-state index in [1.165, 1.54) is 31.5 Å². The number of benzene rings is 1. The fraction of sp³-hybridized carbons (Fsp3) is 0.273. The summed E-state index contributed by atoms with van der Waals surface area (Å²) in [6.07, 6.45) is 2.93. The molecule has 0 spiro atoms. The minimum absolute atomic E-state index is 0.106. The zero-order valence-electron chi connectivity index (χ0n) is 17.8. The van der Waals surface area contributed by atoms with Crippen LogP contribution in [0.5, 0.6) is 5.88 Å². The summed E-state index contributed by atoms with van der Waals surface area (Å²) >= 11 is 0. The van der Waals surface area contributed by atoms with E-state index in [1.54, 1.807) is 6.92 Å². The number of halogens is 1. The highest BCUT2D eigenvalue weighted by Crippen LogP contribution is 2.35. The molecule has 0 aliphatic carbocycles. The van der Waals surface area contributed by atoms with E-state index in [0.717, 1.165) is 0 Å². The molecule has 1 amide bonds. The standard InChI is InChI=1S/C22H24FN5O4/c1-12-17(11-25-28-20-15-10-14(23)7-8-16(15)27-22(20)31)26-13(2)19(12)21(30)24-9-5-4-6-18(29)32-3/h7-8,10-11,26-27,31H,1,4-6,9H2,2-3H3,(H,24,30). The van der Waals surface area contributed by atoms with Crippen LogP contribution in [-0.4, -0.2) is 40.6 Å². The number of hydrogen-bond acceptors (Lipinski definition) is 6. The smallest absolute Gasteiger partial charge is 0.305 e. The summed E-state index contributed by atoms with van der Waals surface area (Å²) in [5, 5.41) is 22.1. The van der Waals surface area contributed by atoms with Crippen molar-refractivity contribution in [3.63, 3.8) is 0 Å². The predicted octanol–water partition coefficient (Wildman–Crippen LogP) is 2.65. The molecule has 9 nitrogen and oxygen atoms in total. The highest BCUT2D eigenvalue weighted by molar-refractivity contribution is 5.95. The first-order valence-corrected chi connectivity index (χ1v) is 9.95. The first kappa shape index (κ1) is 22.7. The maximum atomic E-state index is 13.5. The molecule has 32 heavy (non-hydrogen) atoms. The molecule has 168 valence electrons. The maximum absolute atomic E-state index is 13.5. The number of methoxy groups -OCH3 is 1. The summed E-state index contributed by atoms with van der Waals surface area (Å²) in [5.41, 5.74) is 1.64. The number of aromatic nitrogens is 2. The molecule has 0 aliphatic rings. The highest BCUT2D eigenvalue weighted by atomic mass is 19.1. The largest absolute Gasteiger partial charge is 0.493 e. The lowest BCUT2D eigenvalue weighted by Gasteiger charge is -2.04. The summed E-state index contributed by atoms with van der Waals surface area (Å²) in [5.74, 6) is -1.26. The first-order valence-electron chi connectivity index (χ1n) is 9.95. The summed E-state index contributed by atoms with van der Waals surface area (Å²) < 4.78 is 18.1. The Bertz CT molecular complexity index is 1290. The lowest BCUT2D eigenvalue weighted by molar-refractivity contribution is -0.140. The monoisotopic (exact) mass is 441 g/mol. The van der Waals surface area contributed by atoms with Crippen molar-refractivity contribution >= 4 is 41.2 Å². The van der Waals surface area contributed by atoms with Gasteiger partial charge in [0.2, 0.25) is 5.88 Å². The molecule has 0 aliphatic heterocycles. The normalized spacial score (nSPS) is 12.0. The van der Waals surface area contributed by atoms with Crippen molar-refractivity contribution in [2.24, 2.45) is 10.2 Å². The van der Waals surface area contributed by atoms with Gasteiger partial charge in [0.15, 0.2) is 5.69 Å². The zero-order chi connectivity index (χ0) is 23.3. The number of carbonyl (C=O) groups excluding carboxylic acids is 2. The van der Waals surface area contributed by atoms with E-state index in [9.17, 15) is 19.1 Å². The van der Waals surface area contributed by atoms with E-state index in [1.807, 2.05) is 0 Å². The number of nitrogens with one attached hydrogen (secondary N) is 3. The molecule has 0 bridgehead atoms. The summed E-state index contributed by atoms with van der Waals surface area (Å²) in [6.45, 7) is 6.10. The SMILES string of the molecule is C=c1c(C(=O)NCCCCC(=O)OC)c(C)[nH]c1=CN=Nc1c(O)[nH]c2ccc(F)cc12. The van der Waals surface area contributed by atoms with Crippen molar-refractivity contribution in [2.45, 2.75) is 26.2 Å². The summed E-state index contributed by atoms with van der Waals surface area (Å²) in [7, 11) is 1.34. The van der Waals surface area contributed by atoms with Crippen LogP contribution in [-0.2, 0) is 9.53 Å². The average Bonchev–Trinajstić information content (AvgIpc) is 3.22. The molecule has 0 saturated heterocycles. The van der Waals surface area contributed by atoms with Crippen molar-refractivity contribution in [2.75, 3.05) is 13.7 Å². The Morgan fingerprint density at radius 1 is 1.31 bits per heavy atom. The lowest BCUT2D eigenvalue weighted by atomic mass is 10.2. The molecule has 1 aromatic carbocycles. The molecule has 10 heteroatoms. The molecular weight excluding hydrogens is 417 g/mol. The second-order valence-electron chi connectivity index (χ2n) is 7.16. The van der Waals surface area contributed by atoms with E-state index in [-0.39, 0.29) is 23.4 Å². The number of ether oxygens (including phenoxy) is 1. The zero-order valence-corrected chi connectivity index (χ0v) is 17.8. The van der Waals surface area contributed by atoms with E-state index >= 15 is 0 Å². The summed E-state index contributed by atoms with van der Waals surface area (Å²) in [6, 6.07) is 4.02. The van der Waals surface area contributed by atoms with Gasteiger partial charge >= 0.3 is 5.97 Å². The van der Waals surface area contributed by atoms with Crippen LogP contribution in [0, 0.1) is 12.7 Å². The number of unbranched alkanes of at least 4 members (excludes halogenated alkanes) is 1. The third-order valence-electron chi connectivity index (χ3n) is 4.93. The van der Waals surface area contributed by atoms with Crippen molar-refractivity contribution in [3.8, 4) is 5.88 Å². The summed E-state index contributed by atoms with van der Waals surface area (Å²) in [4.78, 5) is 29.4. The minimum Gasteiger partial charge on any atom is -0.493 e. The van der Waals surface area contributed by atoms with Crippen LogP contribution in [0.4, 0.5) is 10.1 Å². The van der Waals surface area contributed by atoms with E-state index in [4.69, 9.17) is 0 Å². The van der Waals surface area contributed by atoms with E-state index < -0.39 is 5.82 Å². The van der Waals surface area contributed by atoms with Gasteiger partial charge in [-0.3, -0.25) is 9.59 Å². The number of carbonyl (C=O) groups is 2. The Morgan fingerprint density at radius 2 is 2.09 bits per heavy atom. The molecule has 0 saturated carbocycles. The molecule has 3 aromatic rings. The van der Waals surface area contributed by atoms with Gasteiger partial charge in [0, 0.05) is 29.3 Å². The number of aromatic hydroxyl groups is 1. The fourth-order valence-electron chi connectivity index (χ4n) is 3.29. The van der Waals surface area contributed by atoms with E-state index in [2.05, 4.69) is 36.8 Å². The predicted molar refractivity (Wildman–Crippen MR) is 117 cm³/mol. The van der Waals surface area contributed by atoms with Gasteiger partial charge in [-0.1, -0.05) is 6.58 Å². The van der Waals surface area contributed by atoms with Gasteiger partial charge in [-0.25, -0.2) is 4.39 Å². The van der Waals surface area contributed by atoms with Gasteiger partial charge < -0.3 is 25.1 Å². The van der Waals surface area contributed by atoms with Crippen LogP contribution in [0.3, 0.4) is 0 Å². The number of aryl methyl sites for hydroxylation is 1. The third-order valence-corrected chi connectivity index (χ3v) is 4.93. The van der Waals surface area contributed by atoms with Gasteiger partial charge in [0.05, 0.1) is 29.7 Å². The topological polar surface area (TPSA) is 132 Å². The van der Waals surface area contributed by atoms with Crippen LogP contribution >= 0.6 is 0 Å². The Labute approximate surface area is 182 Å². The fourth-order valence-corrected chi connectivity index (χ4v) is 3.29. The van der Waals surface area contributed by atoms with Crippen LogP contribution in [0.25, 0.3) is 23.7 Å². The molecular formula is C22H24FN5O4. The molecule has 2 heterocycles. The molecule has 0 fully saturated rings. The van der Waals surface area contributed by atoms with Gasteiger partial charge in [0.1, 0.15) is 5.82 Å². The molecule has 2 aromatic heterocycles. The van der Waals surface area contributed by atoms with Crippen molar-refractivity contribution in [1.29, 1.82) is 0 Å². The number of nitrogens with zero attached hydrogens (tertiary/aromatic N) is 2. The third kappa shape index (κ3) is 5.02. The first-order chi connectivity index (χ1) is 15.3. The van der Waals surface area contributed by atoms with Crippen molar-refractivity contribution < 1.29 is 23.8 Å². The number of hydrogen-bond donors (Lipinski definition) is 4. The van der Waals surface area contributed by atoms with Crippen LogP contribution in [0.15, 0.2) is 28.4 Å². The number of rotatable bonds is 8. The van der Waals surface area contributed by atoms with Gasteiger partial charge in [-0.15, -0.1) is 5.11 Å². The Morgan fingerprint density at radius 3 is 2.84 bits per heavy atom. The highest BCUT2D eigenvalue weighted by Gasteiger charge is 2.13. The number of esters is 1. The second kappa shape index (κ2) is 9.90. The molecule has 3 rings (SSSR count). The Kier molecular flexibility index (Phi) is 7.04. The van der Waals surface area contributed by atoms with E-state index in [0.29, 0.717) is 58.5 Å². The van der Waals surface area contributed by atoms with Crippen molar-refractivity contribution in [3.05, 3.63) is 45.8 Å². The molecule has 4 N–H and O–H groups in total. The van der Waals surface area contributed by atoms with Gasteiger partial charge in [-0.05, 0) is 38.0 Å². The van der Waals surface area contributed by atoms with Crippen LogP contribution in [0.1, 0.15) is 35.3 Å². The quantitative estimate of drug-likeness (QED) is 0.243. The number of amides is 1. The Balaban J connectivity index is 1.72. The van der Waals surface area contributed by atoms with Crippen LogP contribution < -0.4 is 15.9 Å². The van der Waals surface area contributed by atoms with Gasteiger partial charge in [-0.2, -0.15) is 5.11 Å². The number of H-pyrrole nitrogens is 2. The molecule has 0 atom stereocenters. The molecule has 0 radical (unpaired) electrons. The lowest BCUT2D eigenvalue weighted by Crippen LogP contribution is -2.32.